The first-order valence-electron chi connectivity index (χ1n) is 6.09. The minimum absolute atomic E-state index is 0.122. The molecular formula is C12H22BNO2S. The van der Waals surface area contributed by atoms with E-state index in [0.717, 1.165) is 6.42 Å². The van der Waals surface area contributed by atoms with Gasteiger partial charge in [-0.05, 0) is 32.7 Å². The summed E-state index contributed by atoms with van der Waals surface area (Å²) in [5, 5.41) is 0. The van der Waals surface area contributed by atoms with Gasteiger partial charge in [-0.15, -0.1) is 11.8 Å². The summed E-state index contributed by atoms with van der Waals surface area (Å²) in [5.41, 5.74) is 6.51. The van der Waals surface area contributed by atoms with Crippen molar-refractivity contribution in [2.45, 2.75) is 56.3 Å². The molecule has 0 saturated carbocycles. The van der Waals surface area contributed by atoms with E-state index in [4.69, 9.17) is 15.0 Å². The maximum atomic E-state index is 5.93. The zero-order chi connectivity index (χ0) is 12.9. The predicted molar refractivity (Wildman–Crippen MR) is 73.8 cm³/mol. The minimum atomic E-state index is -0.648. The van der Waals surface area contributed by atoms with Gasteiger partial charge in [0.15, 0.2) is 0 Å². The van der Waals surface area contributed by atoms with E-state index in [-0.39, 0.29) is 16.6 Å². The van der Waals surface area contributed by atoms with Gasteiger partial charge in [-0.3, -0.25) is 0 Å². The summed E-state index contributed by atoms with van der Waals surface area (Å²) >= 11 is 1.99. The van der Waals surface area contributed by atoms with Crippen LogP contribution in [0.5, 0.6) is 0 Å². The maximum Gasteiger partial charge on any atom is 0.490 e. The third kappa shape index (κ3) is 3.28. The van der Waals surface area contributed by atoms with Crippen molar-refractivity contribution in [3.8, 4) is 0 Å². The Morgan fingerprint density at radius 2 is 1.94 bits per heavy atom. The summed E-state index contributed by atoms with van der Waals surface area (Å²) in [6.07, 6.45) is 3.26. The Morgan fingerprint density at radius 3 is 2.41 bits per heavy atom. The zero-order valence-corrected chi connectivity index (χ0v) is 12.2. The number of thioether (sulfide) groups is 1. The van der Waals surface area contributed by atoms with Crippen LogP contribution in [-0.4, -0.2) is 28.9 Å². The average Bonchev–Trinajstić information content (AvgIpc) is 2.40. The lowest BCUT2D eigenvalue weighted by atomic mass is 9.72. The minimum Gasteiger partial charge on any atom is -0.403 e. The molecule has 0 amide bonds. The SMILES string of the molecule is CC1(N)COB(C2=CC(C)(C)SC(C)(C)C2)O1. The van der Waals surface area contributed by atoms with E-state index in [9.17, 15) is 0 Å². The first-order chi connectivity index (χ1) is 7.59. The highest BCUT2D eigenvalue weighted by Crippen LogP contribution is 2.47. The second-order valence-electron chi connectivity index (χ2n) is 6.43. The Kier molecular flexibility index (Phi) is 3.18. The van der Waals surface area contributed by atoms with Crippen molar-refractivity contribution < 1.29 is 9.31 Å². The molecule has 0 aromatic heterocycles. The summed E-state index contributed by atoms with van der Waals surface area (Å²) in [4.78, 5) is 0. The molecule has 1 fully saturated rings. The molecule has 2 aliphatic rings. The second kappa shape index (κ2) is 4.02. The van der Waals surface area contributed by atoms with Gasteiger partial charge in [-0.1, -0.05) is 19.9 Å². The monoisotopic (exact) mass is 255 g/mol. The molecule has 17 heavy (non-hydrogen) atoms. The van der Waals surface area contributed by atoms with Gasteiger partial charge in [-0.2, -0.15) is 0 Å². The fraction of sp³-hybridized carbons (Fsp3) is 0.833. The Morgan fingerprint density at radius 1 is 1.29 bits per heavy atom. The molecule has 3 nitrogen and oxygen atoms in total. The normalized spacial score (nSPS) is 35.9. The molecule has 0 radical (unpaired) electrons. The van der Waals surface area contributed by atoms with Crippen LogP contribution >= 0.6 is 11.8 Å². The van der Waals surface area contributed by atoms with Crippen molar-refractivity contribution in [3.05, 3.63) is 11.5 Å². The predicted octanol–water partition coefficient (Wildman–Crippen LogP) is 2.36. The van der Waals surface area contributed by atoms with Crippen molar-refractivity contribution in [1.29, 1.82) is 0 Å². The smallest absolute Gasteiger partial charge is 0.403 e. The van der Waals surface area contributed by atoms with E-state index in [2.05, 4.69) is 33.8 Å². The second-order valence-corrected chi connectivity index (χ2v) is 8.80. The number of hydrogen-bond donors (Lipinski definition) is 1. The molecule has 0 aromatic rings. The summed E-state index contributed by atoms with van der Waals surface area (Å²) < 4.78 is 11.8. The van der Waals surface area contributed by atoms with Crippen molar-refractivity contribution in [2.75, 3.05) is 6.61 Å². The lowest BCUT2D eigenvalue weighted by Gasteiger charge is -2.39. The quantitative estimate of drug-likeness (QED) is 0.730. The van der Waals surface area contributed by atoms with E-state index in [1.54, 1.807) is 0 Å². The molecule has 5 heteroatoms. The number of allylic oxidation sites excluding steroid dienone is 1. The van der Waals surface area contributed by atoms with Crippen LogP contribution in [0.25, 0.3) is 0 Å². The molecule has 2 rings (SSSR count). The third-order valence-corrected chi connectivity index (χ3v) is 4.24. The molecule has 96 valence electrons. The van der Waals surface area contributed by atoms with Gasteiger partial charge in [0.05, 0.1) is 6.61 Å². The summed E-state index contributed by atoms with van der Waals surface area (Å²) in [6, 6.07) is 0. The molecule has 1 atom stereocenters. The van der Waals surface area contributed by atoms with E-state index in [0.29, 0.717) is 6.61 Å². The standard InChI is InChI=1S/C12H22BNO2S/c1-10(2)6-9(7-11(3,4)17-10)13-15-8-12(5,14)16-13/h6H,7-8,14H2,1-5H3. The Balaban J connectivity index is 2.19. The molecule has 2 aliphatic heterocycles. The van der Waals surface area contributed by atoms with Crippen LogP contribution < -0.4 is 5.73 Å². The highest BCUT2D eigenvalue weighted by Gasteiger charge is 2.44. The van der Waals surface area contributed by atoms with Crippen LogP contribution in [0.3, 0.4) is 0 Å². The van der Waals surface area contributed by atoms with E-state index < -0.39 is 5.72 Å². The fourth-order valence-corrected chi connectivity index (χ4v) is 4.53. The third-order valence-electron chi connectivity index (χ3n) is 2.90. The van der Waals surface area contributed by atoms with Crippen molar-refractivity contribution in [2.24, 2.45) is 5.73 Å². The van der Waals surface area contributed by atoms with Crippen LogP contribution in [-0.2, 0) is 9.31 Å². The summed E-state index contributed by atoms with van der Waals surface area (Å²) in [5.74, 6) is 0. The first kappa shape index (κ1) is 13.5. The van der Waals surface area contributed by atoms with E-state index in [1.165, 1.54) is 5.47 Å². The van der Waals surface area contributed by atoms with Crippen molar-refractivity contribution in [1.82, 2.24) is 0 Å². The van der Waals surface area contributed by atoms with Gasteiger partial charge in [-0.25, -0.2) is 0 Å². The number of rotatable bonds is 1. The molecule has 2 heterocycles. The lowest BCUT2D eigenvalue weighted by molar-refractivity contribution is 0.122. The summed E-state index contributed by atoms with van der Waals surface area (Å²) in [6.45, 7) is 11.3. The van der Waals surface area contributed by atoms with Crippen LogP contribution in [0.2, 0.25) is 0 Å². The molecule has 0 aromatic carbocycles. The zero-order valence-electron chi connectivity index (χ0n) is 11.4. The van der Waals surface area contributed by atoms with Crippen molar-refractivity contribution >= 4 is 18.9 Å². The van der Waals surface area contributed by atoms with Crippen LogP contribution in [0.4, 0.5) is 0 Å². The van der Waals surface area contributed by atoms with Gasteiger partial charge in [0, 0.05) is 9.49 Å². The van der Waals surface area contributed by atoms with Gasteiger partial charge >= 0.3 is 7.12 Å². The van der Waals surface area contributed by atoms with E-state index in [1.807, 2.05) is 18.7 Å². The van der Waals surface area contributed by atoms with Gasteiger partial charge in [0.25, 0.3) is 0 Å². The summed E-state index contributed by atoms with van der Waals surface area (Å²) in [7, 11) is -0.260. The lowest BCUT2D eigenvalue weighted by Crippen LogP contribution is -2.41. The Hall–Kier alpha value is 0.0349. The highest BCUT2D eigenvalue weighted by atomic mass is 32.2. The number of hydrogen-bond acceptors (Lipinski definition) is 4. The maximum absolute atomic E-state index is 5.93. The Labute approximate surface area is 109 Å². The van der Waals surface area contributed by atoms with Gasteiger partial charge in [0.1, 0.15) is 5.72 Å². The fourth-order valence-electron chi connectivity index (χ4n) is 2.65. The van der Waals surface area contributed by atoms with Crippen LogP contribution in [0, 0.1) is 0 Å². The molecule has 0 spiro atoms. The largest absolute Gasteiger partial charge is 0.490 e. The molecule has 1 saturated heterocycles. The molecule has 2 N–H and O–H groups in total. The van der Waals surface area contributed by atoms with Gasteiger partial charge < -0.3 is 15.0 Å². The van der Waals surface area contributed by atoms with Gasteiger partial charge in [0.2, 0.25) is 0 Å². The topological polar surface area (TPSA) is 44.5 Å². The van der Waals surface area contributed by atoms with Crippen molar-refractivity contribution in [3.63, 3.8) is 0 Å². The molecular weight excluding hydrogens is 233 g/mol. The molecule has 1 unspecified atom stereocenters. The Bertz CT molecular complexity index is 352. The molecule has 0 aliphatic carbocycles. The van der Waals surface area contributed by atoms with E-state index >= 15 is 0 Å². The van der Waals surface area contributed by atoms with Crippen LogP contribution in [0.1, 0.15) is 41.0 Å². The number of nitrogens with two attached hydrogens (primary N) is 1. The van der Waals surface area contributed by atoms with Crippen LogP contribution in [0.15, 0.2) is 11.5 Å². The first-order valence-corrected chi connectivity index (χ1v) is 6.90. The highest BCUT2D eigenvalue weighted by molar-refractivity contribution is 8.02. The average molecular weight is 255 g/mol. The molecule has 0 bridgehead atoms.